The number of hydrogen-bond acceptors (Lipinski definition) is 4. The van der Waals surface area contributed by atoms with Crippen LogP contribution >= 0.6 is 0 Å². The molecule has 0 atom stereocenters. The van der Waals surface area contributed by atoms with Gasteiger partial charge in [0.25, 0.3) is 0 Å². The Kier molecular flexibility index (Phi) is 4.21. The summed E-state index contributed by atoms with van der Waals surface area (Å²) in [6.45, 7) is 3.32. The Bertz CT molecular complexity index is 822. The van der Waals surface area contributed by atoms with Crippen LogP contribution < -0.4 is 15.2 Å². The molecule has 0 radical (unpaired) electrons. The Labute approximate surface area is 135 Å². The molecule has 3 aromatic rings. The van der Waals surface area contributed by atoms with Crippen LogP contribution in [0, 0.1) is 6.92 Å². The summed E-state index contributed by atoms with van der Waals surface area (Å²) in [6.07, 6.45) is 0. The van der Waals surface area contributed by atoms with Gasteiger partial charge in [0.05, 0.1) is 25.3 Å². The highest BCUT2D eigenvalue weighted by molar-refractivity contribution is 5.80. The second-order valence-electron chi connectivity index (χ2n) is 5.46. The second kappa shape index (κ2) is 6.30. The molecule has 0 saturated carbocycles. The van der Waals surface area contributed by atoms with Crippen LogP contribution in [0.2, 0.25) is 0 Å². The van der Waals surface area contributed by atoms with Crippen molar-refractivity contribution >= 4 is 11.0 Å². The van der Waals surface area contributed by atoms with Crippen molar-refractivity contribution in [2.24, 2.45) is 5.73 Å². The van der Waals surface area contributed by atoms with Crippen molar-refractivity contribution in [2.75, 3.05) is 14.2 Å². The average Bonchev–Trinajstić information content (AvgIpc) is 2.89. The number of methoxy groups -OCH3 is 2. The lowest BCUT2D eigenvalue weighted by atomic mass is 10.1. The third kappa shape index (κ3) is 2.87. The van der Waals surface area contributed by atoms with E-state index in [1.165, 1.54) is 5.56 Å². The van der Waals surface area contributed by atoms with Gasteiger partial charge in [-0.15, -0.1) is 0 Å². The summed E-state index contributed by atoms with van der Waals surface area (Å²) in [6, 6.07) is 12.2. The van der Waals surface area contributed by atoms with Gasteiger partial charge in [-0.2, -0.15) is 0 Å². The van der Waals surface area contributed by atoms with E-state index in [0.29, 0.717) is 18.0 Å². The normalized spacial score (nSPS) is 11.0. The van der Waals surface area contributed by atoms with Crippen molar-refractivity contribution in [1.29, 1.82) is 0 Å². The molecule has 2 aromatic carbocycles. The molecule has 5 heteroatoms. The number of fused-ring (bicyclic) bond motifs is 1. The Balaban J connectivity index is 2.03. The van der Waals surface area contributed by atoms with E-state index in [9.17, 15) is 0 Å². The summed E-state index contributed by atoms with van der Waals surface area (Å²) in [5, 5.41) is 0. The zero-order valence-corrected chi connectivity index (χ0v) is 13.7. The minimum absolute atomic E-state index is 0.560. The van der Waals surface area contributed by atoms with Crippen molar-refractivity contribution < 1.29 is 9.47 Å². The fourth-order valence-electron chi connectivity index (χ4n) is 2.74. The molecular formula is C18H21N3O2. The lowest BCUT2D eigenvalue weighted by Crippen LogP contribution is -2.03. The van der Waals surface area contributed by atoms with Gasteiger partial charge < -0.3 is 19.8 Å². The monoisotopic (exact) mass is 311 g/mol. The number of rotatable bonds is 5. The Hall–Kier alpha value is -2.53. The van der Waals surface area contributed by atoms with E-state index >= 15 is 0 Å². The van der Waals surface area contributed by atoms with Crippen LogP contribution in [0.15, 0.2) is 36.4 Å². The molecule has 0 bridgehead atoms. The SMILES string of the molecule is COc1cc2nc(C)n(Cc3ccc(CN)cc3)c2cc1OC. The number of nitrogens with zero attached hydrogens (tertiary/aromatic N) is 2. The van der Waals surface area contributed by atoms with Gasteiger partial charge in [0.1, 0.15) is 5.82 Å². The zero-order chi connectivity index (χ0) is 16.4. The Morgan fingerprint density at radius 2 is 1.61 bits per heavy atom. The first-order valence-electron chi connectivity index (χ1n) is 7.53. The van der Waals surface area contributed by atoms with Gasteiger partial charge in [0.2, 0.25) is 0 Å². The van der Waals surface area contributed by atoms with Crippen molar-refractivity contribution in [3.8, 4) is 11.5 Å². The van der Waals surface area contributed by atoms with Crippen molar-refractivity contribution in [1.82, 2.24) is 9.55 Å². The molecule has 0 unspecified atom stereocenters. The van der Waals surface area contributed by atoms with E-state index < -0.39 is 0 Å². The molecule has 5 nitrogen and oxygen atoms in total. The van der Waals surface area contributed by atoms with E-state index in [4.69, 9.17) is 15.2 Å². The van der Waals surface area contributed by atoms with Gasteiger partial charge >= 0.3 is 0 Å². The number of hydrogen-bond donors (Lipinski definition) is 1. The number of benzene rings is 2. The lowest BCUT2D eigenvalue weighted by molar-refractivity contribution is 0.355. The fraction of sp³-hybridized carbons (Fsp3) is 0.278. The van der Waals surface area contributed by atoms with Crippen molar-refractivity contribution in [3.05, 3.63) is 53.3 Å². The zero-order valence-electron chi connectivity index (χ0n) is 13.7. The number of imidazole rings is 1. The van der Waals surface area contributed by atoms with Gasteiger partial charge in [-0.05, 0) is 18.1 Å². The molecule has 0 saturated heterocycles. The molecule has 120 valence electrons. The summed E-state index contributed by atoms with van der Waals surface area (Å²) in [5.74, 6) is 2.36. The second-order valence-corrected chi connectivity index (χ2v) is 5.46. The van der Waals surface area contributed by atoms with E-state index in [2.05, 4.69) is 33.8 Å². The van der Waals surface area contributed by atoms with E-state index in [0.717, 1.165) is 29.0 Å². The minimum Gasteiger partial charge on any atom is -0.493 e. The van der Waals surface area contributed by atoms with Crippen LogP contribution in [0.4, 0.5) is 0 Å². The molecule has 23 heavy (non-hydrogen) atoms. The summed E-state index contributed by atoms with van der Waals surface area (Å²) < 4.78 is 12.9. The maximum absolute atomic E-state index is 5.65. The standard InChI is InChI=1S/C18H21N3O2/c1-12-20-15-8-17(22-2)18(23-3)9-16(15)21(12)11-14-6-4-13(10-19)5-7-14/h4-9H,10-11,19H2,1-3H3. The van der Waals surface area contributed by atoms with Crippen LogP contribution in [0.5, 0.6) is 11.5 Å². The molecule has 0 aliphatic heterocycles. The maximum atomic E-state index is 5.65. The average molecular weight is 311 g/mol. The van der Waals surface area contributed by atoms with Crippen molar-refractivity contribution in [3.63, 3.8) is 0 Å². The fourth-order valence-corrected chi connectivity index (χ4v) is 2.74. The predicted octanol–water partition coefficient (Wildman–Crippen LogP) is 2.87. The largest absolute Gasteiger partial charge is 0.493 e. The van der Waals surface area contributed by atoms with E-state index in [-0.39, 0.29) is 0 Å². The van der Waals surface area contributed by atoms with Gasteiger partial charge in [-0.1, -0.05) is 24.3 Å². The highest BCUT2D eigenvalue weighted by Crippen LogP contribution is 2.32. The minimum atomic E-state index is 0.560. The van der Waals surface area contributed by atoms with Crippen LogP contribution in [-0.4, -0.2) is 23.8 Å². The smallest absolute Gasteiger partial charge is 0.163 e. The van der Waals surface area contributed by atoms with Crippen molar-refractivity contribution in [2.45, 2.75) is 20.0 Å². The predicted molar refractivity (Wildman–Crippen MR) is 91.0 cm³/mol. The Morgan fingerprint density at radius 1 is 1.00 bits per heavy atom. The van der Waals surface area contributed by atoms with Gasteiger partial charge in [0, 0.05) is 25.2 Å². The van der Waals surface area contributed by atoms with Gasteiger partial charge in [0.15, 0.2) is 11.5 Å². The molecule has 2 N–H and O–H groups in total. The first-order chi connectivity index (χ1) is 11.2. The van der Waals surface area contributed by atoms with Crippen LogP contribution in [0.1, 0.15) is 17.0 Å². The summed E-state index contributed by atoms with van der Waals surface area (Å²) in [7, 11) is 3.27. The molecular weight excluding hydrogens is 290 g/mol. The molecule has 0 aliphatic rings. The molecule has 1 aromatic heterocycles. The first kappa shape index (κ1) is 15.4. The summed E-state index contributed by atoms with van der Waals surface area (Å²) >= 11 is 0. The Morgan fingerprint density at radius 3 is 2.22 bits per heavy atom. The van der Waals surface area contributed by atoms with E-state index in [1.54, 1.807) is 14.2 Å². The summed E-state index contributed by atoms with van der Waals surface area (Å²) in [5.41, 5.74) is 9.92. The number of aromatic nitrogens is 2. The third-order valence-corrected chi connectivity index (χ3v) is 4.04. The van der Waals surface area contributed by atoms with Crippen LogP contribution in [0.25, 0.3) is 11.0 Å². The van der Waals surface area contributed by atoms with Gasteiger partial charge in [-0.3, -0.25) is 0 Å². The molecule has 0 amide bonds. The van der Waals surface area contributed by atoms with E-state index in [1.807, 2.05) is 19.1 Å². The molecule has 0 spiro atoms. The van der Waals surface area contributed by atoms with Crippen LogP contribution in [0.3, 0.4) is 0 Å². The molecule has 0 aliphatic carbocycles. The molecule has 3 rings (SSSR count). The highest BCUT2D eigenvalue weighted by atomic mass is 16.5. The van der Waals surface area contributed by atoms with Crippen LogP contribution in [-0.2, 0) is 13.1 Å². The molecule has 0 fully saturated rings. The highest BCUT2D eigenvalue weighted by Gasteiger charge is 2.13. The quantitative estimate of drug-likeness (QED) is 0.787. The molecule has 1 heterocycles. The van der Waals surface area contributed by atoms with Gasteiger partial charge in [-0.25, -0.2) is 4.98 Å². The first-order valence-corrected chi connectivity index (χ1v) is 7.53. The topological polar surface area (TPSA) is 62.3 Å². The maximum Gasteiger partial charge on any atom is 0.163 e. The number of nitrogens with two attached hydrogens (primary N) is 1. The summed E-state index contributed by atoms with van der Waals surface area (Å²) in [4.78, 5) is 4.63. The number of aryl methyl sites for hydroxylation is 1. The third-order valence-electron chi connectivity index (χ3n) is 4.04. The lowest BCUT2D eigenvalue weighted by Gasteiger charge is -2.10. The number of ether oxygens (including phenoxy) is 2.